The SMILES string of the molecule is C1CCOC1.CCCNS(=O)(=O)Nc1ncnc(OCCO)c1-c1ccc(Br)cc1.CCCNS(=O)(=O)Nc1ncnc(OCCOc2ncc(Br)cn2)c1-c1ccc(Br)cc1.Clc1ncc(Br)cn1.I.II. The number of benzene rings is 2. The van der Waals surface area contributed by atoms with E-state index >= 15 is 0 Å². The molecule has 1 aliphatic rings. The topological polar surface area (TPSA) is 277 Å². The molecule has 1 fully saturated rings. The average Bonchev–Trinajstić information content (AvgIpc) is 3.98. The van der Waals surface area contributed by atoms with Gasteiger partial charge in [0, 0.05) is 97.3 Å². The third kappa shape index (κ3) is 26.7. The highest BCUT2D eigenvalue weighted by Crippen LogP contribution is 2.36. The summed E-state index contributed by atoms with van der Waals surface area (Å²) in [6, 6.07) is 14.7. The molecule has 0 aliphatic carbocycles. The standard InChI is InChI=1S/C19H20Br2N6O4S.C15H19BrN4O4S.C4H2BrClN2.C4H8O.I2.HI/c1-2-7-26-32(28,29)27-17-16(13-3-5-14(20)6-4-13)18(25-12-24-17)30-8-9-31-19-22-10-15(21)11-23-19;1-2-7-19-25(22,23)20-14-13(11-3-5-12(16)6-4-11)15(18-10-17-14)24-9-8-21;5-3-1-7-4(6)8-2-3;1-2-4-5-3-1;1-2;/h3-6,10-12,26H,2,7-9H2,1H3,(H,24,25,27);3-6,10,19,21H,2,7-9H2,1H3,(H,17,18,20);1-2H;1-4H2;;1H. The number of nitrogens with zero attached hydrogens (tertiary/aromatic N) is 8. The minimum atomic E-state index is -3.82. The van der Waals surface area contributed by atoms with Gasteiger partial charge >= 0.3 is 6.01 Å². The fourth-order valence-electron chi connectivity index (χ4n) is 5.26. The van der Waals surface area contributed by atoms with Crippen LogP contribution in [0.25, 0.3) is 22.3 Å². The van der Waals surface area contributed by atoms with Crippen molar-refractivity contribution < 1.29 is 40.9 Å². The van der Waals surface area contributed by atoms with Gasteiger partial charge in [0.25, 0.3) is 20.4 Å². The molecule has 1 aliphatic heterocycles. The van der Waals surface area contributed by atoms with Gasteiger partial charge < -0.3 is 24.1 Å². The van der Waals surface area contributed by atoms with Crippen molar-refractivity contribution >= 4 is 169 Å². The van der Waals surface area contributed by atoms with E-state index in [1.807, 2.05) is 38.1 Å². The van der Waals surface area contributed by atoms with Crippen molar-refractivity contribution in [2.45, 2.75) is 39.5 Å². The van der Waals surface area contributed by atoms with Gasteiger partial charge in [0.1, 0.15) is 32.5 Å². The van der Waals surface area contributed by atoms with Crippen molar-refractivity contribution in [3.8, 4) is 40.0 Å². The van der Waals surface area contributed by atoms with Gasteiger partial charge in [-0.2, -0.15) is 26.3 Å². The fourth-order valence-corrected chi connectivity index (χ4v) is 8.21. The lowest BCUT2D eigenvalue weighted by Gasteiger charge is -2.15. The monoisotopic (exact) mass is 1660 g/mol. The first-order valence-corrected chi connectivity index (χ1v) is 34.0. The third-order valence-electron chi connectivity index (χ3n) is 8.33. The second kappa shape index (κ2) is 37.6. The maximum absolute atomic E-state index is 12.4. The summed E-state index contributed by atoms with van der Waals surface area (Å²) in [6.07, 6.45) is 12.6. The summed E-state index contributed by atoms with van der Waals surface area (Å²) in [4.78, 5) is 31.8. The van der Waals surface area contributed by atoms with Gasteiger partial charge in [-0.3, -0.25) is 9.44 Å². The Morgan fingerprint density at radius 3 is 1.37 bits per heavy atom. The van der Waals surface area contributed by atoms with Gasteiger partial charge in [0.15, 0.2) is 11.6 Å². The van der Waals surface area contributed by atoms with Crippen molar-refractivity contribution in [1.82, 2.24) is 49.3 Å². The molecule has 5 heterocycles. The molecule has 0 unspecified atom stereocenters. The van der Waals surface area contributed by atoms with E-state index in [-0.39, 0.29) is 85.1 Å². The van der Waals surface area contributed by atoms with Gasteiger partial charge in [0.05, 0.1) is 26.7 Å². The number of aliphatic hydroxyl groups excluding tert-OH is 1. The van der Waals surface area contributed by atoms with Gasteiger partial charge in [0.2, 0.25) is 17.0 Å². The molecule has 7 rings (SSSR count). The van der Waals surface area contributed by atoms with Gasteiger partial charge in [-0.15, -0.1) is 24.0 Å². The van der Waals surface area contributed by atoms with E-state index in [0.29, 0.717) is 48.2 Å². The van der Waals surface area contributed by atoms with Crippen LogP contribution in [0.5, 0.6) is 17.8 Å². The third-order valence-corrected chi connectivity index (χ3v) is 12.5. The van der Waals surface area contributed by atoms with E-state index in [1.165, 1.54) is 25.5 Å². The Bertz CT molecular complexity index is 2700. The van der Waals surface area contributed by atoms with Crippen LogP contribution >= 0.6 is 137 Å². The molecule has 2 aromatic carbocycles. The van der Waals surface area contributed by atoms with E-state index in [9.17, 15) is 16.8 Å². The molecule has 21 nitrogen and oxygen atoms in total. The molecule has 0 spiro atoms. The lowest BCUT2D eigenvalue weighted by atomic mass is 10.1. The minimum Gasteiger partial charge on any atom is -0.475 e. The summed E-state index contributed by atoms with van der Waals surface area (Å²) < 4.78 is 83.8. The van der Waals surface area contributed by atoms with Crippen LogP contribution in [0.2, 0.25) is 5.28 Å². The average molecular weight is 1670 g/mol. The number of anilines is 2. The summed E-state index contributed by atoms with van der Waals surface area (Å²) in [5.41, 5.74) is 2.14. The van der Waals surface area contributed by atoms with E-state index in [2.05, 4.69) is 160 Å². The second-order valence-electron chi connectivity index (χ2n) is 13.8. The Hall–Kier alpha value is -2.10. The van der Waals surface area contributed by atoms with Crippen LogP contribution in [0.1, 0.15) is 39.5 Å². The smallest absolute Gasteiger partial charge is 0.316 e. The van der Waals surface area contributed by atoms with Crippen molar-refractivity contribution in [3.63, 3.8) is 0 Å². The highest BCUT2D eigenvalue weighted by Gasteiger charge is 2.21. The lowest BCUT2D eigenvalue weighted by molar-refractivity contribution is 0.197. The first-order valence-electron chi connectivity index (χ1n) is 21.2. The largest absolute Gasteiger partial charge is 0.475 e. The fraction of sp³-hybridized carbons (Fsp3) is 0.333. The van der Waals surface area contributed by atoms with Crippen molar-refractivity contribution in [2.75, 3.05) is 62.2 Å². The summed E-state index contributed by atoms with van der Waals surface area (Å²) >= 11 is 22.8. The molecule has 0 atom stereocenters. The Morgan fingerprint density at radius 2 is 1.00 bits per heavy atom. The van der Waals surface area contributed by atoms with E-state index in [0.717, 1.165) is 31.1 Å². The van der Waals surface area contributed by atoms with Crippen molar-refractivity contribution in [1.29, 1.82) is 0 Å². The quantitative estimate of drug-likeness (QED) is 0.0270. The second-order valence-corrected chi connectivity index (χ2v) is 20.8. The number of nitrogens with one attached hydrogen (secondary N) is 4. The molecule has 4 aromatic heterocycles. The van der Waals surface area contributed by atoms with Gasteiger partial charge in [-0.25, -0.2) is 39.9 Å². The number of hydrogen-bond acceptors (Lipinski definition) is 17. The maximum Gasteiger partial charge on any atom is 0.316 e. The highest BCUT2D eigenvalue weighted by molar-refractivity contribution is 15.0. The highest BCUT2D eigenvalue weighted by atomic mass is 128. The molecule has 0 saturated carbocycles. The van der Waals surface area contributed by atoms with E-state index in [1.54, 1.807) is 49.1 Å². The Balaban J connectivity index is 0.000000390. The van der Waals surface area contributed by atoms with E-state index in [4.69, 9.17) is 35.7 Å². The van der Waals surface area contributed by atoms with Crippen LogP contribution in [-0.4, -0.2) is 115 Å². The zero-order valence-electron chi connectivity index (χ0n) is 38.7. The molecule has 0 radical (unpaired) electrons. The Morgan fingerprint density at radius 1 is 0.603 bits per heavy atom. The van der Waals surface area contributed by atoms with Crippen LogP contribution in [0.15, 0.2) is 104 Å². The molecular weight excluding hydrogens is 1620 g/mol. The lowest BCUT2D eigenvalue weighted by Crippen LogP contribution is -2.31. The Kier molecular flexibility index (Phi) is 34.5. The van der Waals surface area contributed by atoms with Crippen LogP contribution in [-0.2, 0) is 25.2 Å². The number of rotatable bonds is 20. The first kappa shape index (κ1) is 67.0. The molecule has 31 heteroatoms. The Labute approximate surface area is 503 Å². The number of halogens is 8. The summed E-state index contributed by atoms with van der Waals surface area (Å²) in [5.74, 6) is 0.572. The molecule has 1 saturated heterocycles. The summed E-state index contributed by atoms with van der Waals surface area (Å²) in [7, 11) is -7.59. The number of aromatic nitrogens is 8. The van der Waals surface area contributed by atoms with Gasteiger partial charge in [-0.1, -0.05) is 70.0 Å². The zero-order chi connectivity index (χ0) is 52.8. The number of aliphatic hydroxyl groups is 1. The number of ether oxygens (including phenoxy) is 4. The van der Waals surface area contributed by atoms with Crippen LogP contribution < -0.4 is 33.1 Å². The first-order chi connectivity index (χ1) is 34.6. The summed E-state index contributed by atoms with van der Waals surface area (Å²) in [6.45, 7) is 6.46. The minimum absolute atomic E-state index is 0. The van der Waals surface area contributed by atoms with Crippen LogP contribution in [0.3, 0.4) is 0 Å². The molecule has 0 amide bonds. The molecular formula is C42H50Br4ClI3N12O9S2. The molecule has 0 bridgehead atoms. The molecule has 6 aromatic rings. The maximum atomic E-state index is 12.4. The molecule has 5 N–H and O–H groups in total. The van der Waals surface area contributed by atoms with Gasteiger partial charge in [-0.05, 0) is 105 Å². The number of hydrogen-bond donors (Lipinski definition) is 5. The predicted molar refractivity (Wildman–Crippen MR) is 324 cm³/mol. The van der Waals surface area contributed by atoms with E-state index < -0.39 is 20.4 Å². The van der Waals surface area contributed by atoms with Crippen LogP contribution in [0.4, 0.5) is 11.6 Å². The predicted octanol–water partition coefficient (Wildman–Crippen LogP) is 10.6. The van der Waals surface area contributed by atoms with Crippen molar-refractivity contribution in [3.05, 3.63) is 109 Å². The van der Waals surface area contributed by atoms with Crippen molar-refractivity contribution in [2.24, 2.45) is 0 Å². The van der Waals surface area contributed by atoms with Crippen LogP contribution in [0, 0.1) is 0 Å². The normalized spacial score (nSPS) is 11.5. The molecule has 73 heavy (non-hydrogen) atoms. The molecule has 400 valence electrons. The summed E-state index contributed by atoms with van der Waals surface area (Å²) in [5, 5.41) is 9.25. The zero-order valence-corrected chi connectivity index (χ0v) is 54.1.